The fourth-order valence-electron chi connectivity index (χ4n) is 3.32. The number of nitrogens with one attached hydrogen (secondary N) is 1. The van der Waals surface area contributed by atoms with Crippen molar-refractivity contribution < 1.29 is 4.79 Å². The summed E-state index contributed by atoms with van der Waals surface area (Å²) in [6, 6.07) is 10.4. The van der Waals surface area contributed by atoms with Crippen molar-refractivity contribution in [3.05, 3.63) is 48.6 Å². The van der Waals surface area contributed by atoms with Gasteiger partial charge in [-0.2, -0.15) is 0 Å². The fraction of sp³-hybridized carbons (Fsp3) is 0.550. The van der Waals surface area contributed by atoms with Gasteiger partial charge in [0.1, 0.15) is 0 Å². The van der Waals surface area contributed by atoms with Gasteiger partial charge in [-0.05, 0) is 49.8 Å². The predicted octanol–water partition coefficient (Wildman–Crippen LogP) is 3.69. The normalized spacial score (nSPS) is 18.3. The van der Waals surface area contributed by atoms with Crippen LogP contribution in [0, 0.1) is 11.8 Å². The number of halogens is 1. The quantitative estimate of drug-likeness (QED) is 0.725. The standard InChI is InChI=1S/C20H30N2O.ClH/c1-3-13-22(14-11-18-8-5-4-6-9-18)20(23)15-17(2)19-10-7-12-21-16-19;/h3-6,8-9,17,19,21H,1,7,10-16H2,2H3;1H. The molecule has 0 aliphatic carbocycles. The second-order valence-corrected chi connectivity index (χ2v) is 6.65. The summed E-state index contributed by atoms with van der Waals surface area (Å²) in [7, 11) is 0. The predicted molar refractivity (Wildman–Crippen MR) is 104 cm³/mol. The van der Waals surface area contributed by atoms with Crippen LogP contribution in [0.5, 0.6) is 0 Å². The molecule has 1 fully saturated rings. The maximum absolute atomic E-state index is 12.7. The minimum Gasteiger partial charge on any atom is -0.339 e. The van der Waals surface area contributed by atoms with Gasteiger partial charge in [0, 0.05) is 19.5 Å². The van der Waals surface area contributed by atoms with E-state index in [1.54, 1.807) is 0 Å². The summed E-state index contributed by atoms with van der Waals surface area (Å²) in [5.74, 6) is 1.34. The number of benzene rings is 1. The van der Waals surface area contributed by atoms with Crippen molar-refractivity contribution in [2.24, 2.45) is 11.8 Å². The number of carbonyl (C=O) groups is 1. The van der Waals surface area contributed by atoms with Gasteiger partial charge in [0.25, 0.3) is 0 Å². The van der Waals surface area contributed by atoms with E-state index in [-0.39, 0.29) is 18.3 Å². The molecular formula is C20H31ClN2O. The lowest BCUT2D eigenvalue weighted by molar-refractivity contribution is -0.132. The summed E-state index contributed by atoms with van der Waals surface area (Å²) in [4.78, 5) is 14.6. The minimum atomic E-state index is 0. The van der Waals surface area contributed by atoms with Crippen molar-refractivity contribution >= 4 is 18.3 Å². The Bertz CT molecular complexity index is 486. The number of carbonyl (C=O) groups excluding carboxylic acids is 1. The van der Waals surface area contributed by atoms with Crippen LogP contribution >= 0.6 is 12.4 Å². The molecule has 1 heterocycles. The highest BCUT2D eigenvalue weighted by atomic mass is 35.5. The summed E-state index contributed by atoms with van der Waals surface area (Å²) in [6.45, 7) is 9.61. The van der Waals surface area contributed by atoms with Crippen LogP contribution in [0.15, 0.2) is 43.0 Å². The van der Waals surface area contributed by atoms with Crippen molar-refractivity contribution in [3.63, 3.8) is 0 Å². The highest BCUT2D eigenvalue weighted by Gasteiger charge is 2.24. The number of hydrogen-bond acceptors (Lipinski definition) is 2. The summed E-state index contributed by atoms with van der Waals surface area (Å²) in [6.07, 6.45) is 5.85. The molecular weight excluding hydrogens is 320 g/mol. The maximum atomic E-state index is 12.7. The lowest BCUT2D eigenvalue weighted by Crippen LogP contribution is -2.38. The molecule has 1 aromatic rings. The van der Waals surface area contributed by atoms with E-state index in [0.29, 0.717) is 24.8 Å². The lowest BCUT2D eigenvalue weighted by Gasteiger charge is -2.30. The van der Waals surface area contributed by atoms with Crippen molar-refractivity contribution in [2.45, 2.75) is 32.6 Å². The number of nitrogens with zero attached hydrogens (tertiary/aromatic N) is 1. The lowest BCUT2D eigenvalue weighted by atomic mass is 9.85. The molecule has 1 aromatic carbocycles. The van der Waals surface area contributed by atoms with Crippen LogP contribution in [-0.2, 0) is 11.2 Å². The van der Waals surface area contributed by atoms with Crippen LogP contribution in [0.25, 0.3) is 0 Å². The summed E-state index contributed by atoms with van der Waals surface area (Å²) in [5, 5.41) is 3.45. The Morgan fingerprint density at radius 2 is 2.17 bits per heavy atom. The van der Waals surface area contributed by atoms with Gasteiger partial charge in [0.2, 0.25) is 5.91 Å². The molecule has 1 aliphatic heterocycles. The molecule has 2 atom stereocenters. The molecule has 2 unspecified atom stereocenters. The van der Waals surface area contributed by atoms with Gasteiger partial charge in [-0.1, -0.05) is 43.3 Å². The summed E-state index contributed by atoms with van der Waals surface area (Å²) >= 11 is 0. The van der Waals surface area contributed by atoms with Crippen molar-refractivity contribution in [1.82, 2.24) is 10.2 Å². The van der Waals surface area contributed by atoms with Crippen molar-refractivity contribution in [1.29, 1.82) is 0 Å². The highest BCUT2D eigenvalue weighted by Crippen LogP contribution is 2.23. The third-order valence-electron chi connectivity index (χ3n) is 4.85. The fourth-order valence-corrected chi connectivity index (χ4v) is 3.32. The van der Waals surface area contributed by atoms with Crippen LogP contribution in [0.3, 0.4) is 0 Å². The molecule has 0 saturated carbocycles. The van der Waals surface area contributed by atoms with E-state index in [1.807, 2.05) is 29.2 Å². The molecule has 0 radical (unpaired) electrons. The molecule has 1 N–H and O–H groups in total. The van der Waals surface area contributed by atoms with Gasteiger partial charge < -0.3 is 10.2 Å². The van der Waals surface area contributed by atoms with Gasteiger partial charge in [-0.3, -0.25) is 4.79 Å². The smallest absolute Gasteiger partial charge is 0.223 e. The Labute approximate surface area is 152 Å². The van der Waals surface area contributed by atoms with Gasteiger partial charge in [0.15, 0.2) is 0 Å². The second-order valence-electron chi connectivity index (χ2n) is 6.65. The van der Waals surface area contributed by atoms with Crippen LogP contribution in [0.2, 0.25) is 0 Å². The number of piperidine rings is 1. The molecule has 1 aliphatic rings. The monoisotopic (exact) mass is 350 g/mol. The number of amides is 1. The third kappa shape index (κ3) is 6.66. The molecule has 1 saturated heterocycles. The first-order valence-electron chi connectivity index (χ1n) is 8.84. The molecule has 134 valence electrons. The van der Waals surface area contributed by atoms with Crippen LogP contribution in [0.1, 0.15) is 31.7 Å². The molecule has 24 heavy (non-hydrogen) atoms. The van der Waals surface area contributed by atoms with E-state index in [9.17, 15) is 4.79 Å². The molecule has 2 rings (SSSR count). The van der Waals surface area contributed by atoms with Gasteiger partial charge in [-0.25, -0.2) is 0 Å². The Kier molecular flexibility index (Phi) is 9.73. The molecule has 4 heteroatoms. The Balaban J connectivity index is 0.00000288. The van der Waals surface area contributed by atoms with Crippen LogP contribution in [0.4, 0.5) is 0 Å². The average Bonchev–Trinajstić information content (AvgIpc) is 2.60. The molecule has 3 nitrogen and oxygen atoms in total. The number of hydrogen-bond donors (Lipinski definition) is 1. The van der Waals surface area contributed by atoms with E-state index >= 15 is 0 Å². The van der Waals surface area contributed by atoms with E-state index < -0.39 is 0 Å². The van der Waals surface area contributed by atoms with Gasteiger partial charge in [-0.15, -0.1) is 19.0 Å². The first-order valence-corrected chi connectivity index (χ1v) is 8.84. The zero-order valence-electron chi connectivity index (χ0n) is 14.7. The Morgan fingerprint density at radius 3 is 2.79 bits per heavy atom. The van der Waals surface area contributed by atoms with E-state index in [2.05, 4.69) is 31.0 Å². The largest absolute Gasteiger partial charge is 0.339 e. The highest BCUT2D eigenvalue weighted by molar-refractivity contribution is 5.85. The molecule has 1 amide bonds. The van der Waals surface area contributed by atoms with Gasteiger partial charge >= 0.3 is 0 Å². The summed E-state index contributed by atoms with van der Waals surface area (Å²) < 4.78 is 0. The van der Waals surface area contributed by atoms with E-state index in [0.717, 1.165) is 26.1 Å². The molecule has 0 bridgehead atoms. The first-order chi connectivity index (χ1) is 11.2. The van der Waals surface area contributed by atoms with E-state index in [1.165, 1.54) is 18.4 Å². The van der Waals surface area contributed by atoms with Crippen LogP contribution in [-0.4, -0.2) is 37.0 Å². The third-order valence-corrected chi connectivity index (χ3v) is 4.85. The first kappa shape index (κ1) is 20.7. The summed E-state index contributed by atoms with van der Waals surface area (Å²) in [5.41, 5.74) is 1.28. The minimum absolute atomic E-state index is 0. The number of rotatable bonds is 8. The SMILES string of the molecule is C=CCN(CCc1ccccc1)C(=O)CC(C)C1CCCNC1.Cl. The topological polar surface area (TPSA) is 32.3 Å². The Morgan fingerprint density at radius 1 is 1.42 bits per heavy atom. The maximum Gasteiger partial charge on any atom is 0.223 e. The van der Waals surface area contributed by atoms with Crippen molar-refractivity contribution in [3.8, 4) is 0 Å². The molecule has 0 spiro atoms. The average molecular weight is 351 g/mol. The van der Waals surface area contributed by atoms with Crippen LogP contribution < -0.4 is 5.32 Å². The zero-order chi connectivity index (χ0) is 16.5. The Hall–Kier alpha value is -1.32. The van der Waals surface area contributed by atoms with E-state index in [4.69, 9.17) is 0 Å². The van der Waals surface area contributed by atoms with Gasteiger partial charge in [0.05, 0.1) is 0 Å². The molecule has 0 aromatic heterocycles. The van der Waals surface area contributed by atoms with Crippen molar-refractivity contribution in [2.75, 3.05) is 26.2 Å². The second kappa shape index (κ2) is 11.3. The zero-order valence-corrected chi connectivity index (χ0v) is 15.6.